The maximum absolute atomic E-state index is 6.54. The Morgan fingerprint density at radius 3 is 2.64 bits per heavy atom. The summed E-state index contributed by atoms with van der Waals surface area (Å²) in [6.45, 7) is 3.30. The number of ether oxygens (including phenoxy) is 1. The molecule has 0 unspecified atom stereocenters. The molecule has 3 rings (SSSR count). The Balaban J connectivity index is 1.73. The van der Waals surface area contributed by atoms with E-state index in [0.717, 1.165) is 34.8 Å². The number of halogens is 2. The monoisotopic (exact) mass is 375 g/mol. The van der Waals surface area contributed by atoms with Crippen LogP contribution in [0.3, 0.4) is 0 Å². The standard InChI is InChI=1S/C19H19Cl2N3O/c1-13-18(12-22-11-14-5-3-8-17(9-14)25-2)19(21)24(23-13)16-7-4-6-15(20)10-16/h3-10,22H,11-12H2,1-2H3. The Hall–Kier alpha value is -2.01. The molecular weight excluding hydrogens is 357 g/mol. The fraction of sp³-hybridized carbons (Fsp3) is 0.211. The van der Waals surface area contributed by atoms with Crippen LogP contribution in [-0.2, 0) is 13.1 Å². The van der Waals surface area contributed by atoms with Crippen LogP contribution in [-0.4, -0.2) is 16.9 Å². The van der Waals surface area contributed by atoms with Gasteiger partial charge >= 0.3 is 0 Å². The number of nitrogens with one attached hydrogen (secondary N) is 1. The highest BCUT2D eigenvalue weighted by Gasteiger charge is 2.14. The van der Waals surface area contributed by atoms with Crippen molar-refractivity contribution in [1.29, 1.82) is 0 Å². The van der Waals surface area contributed by atoms with Gasteiger partial charge in [0.05, 0.1) is 18.5 Å². The van der Waals surface area contributed by atoms with E-state index in [1.54, 1.807) is 11.8 Å². The minimum absolute atomic E-state index is 0.595. The van der Waals surface area contributed by atoms with E-state index in [1.165, 1.54) is 0 Å². The first-order valence-corrected chi connectivity index (χ1v) is 8.67. The Labute approximate surface area is 157 Å². The highest BCUT2D eigenvalue weighted by molar-refractivity contribution is 6.31. The van der Waals surface area contributed by atoms with Crippen LogP contribution in [0.1, 0.15) is 16.8 Å². The van der Waals surface area contributed by atoms with Crippen LogP contribution in [0.2, 0.25) is 10.2 Å². The lowest BCUT2D eigenvalue weighted by molar-refractivity contribution is 0.414. The lowest BCUT2D eigenvalue weighted by atomic mass is 10.2. The van der Waals surface area contributed by atoms with E-state index in [0.29, 0.717) is 16.7 Å². The van der Waals surface area contributed by atoms with Crippen molar-refractivity contribution < 1.29 is 4.74 Å². The van der Waals surface area contributed by atoms with Crippen LogP contribution in [0.4, 0.5) is 0 Å². The van der Waals surface area contributed by atoms with Gasteiger partial charge in [0.15, 0.2) is 0 Å². The van der Waals surface area contributed by atoms with Crippen LogP contribution in [0.15, 0.2) is 48.5 Å². The number of hydrogen-bond acceptors (Lipinski definition) is 3. The number of rotatable bonds is 6. The molecule has 0 bridgehead atoms. The molecule has 6 heteroatoms. The van der Waals surface area contributed by atoms with Crippen LogP contribution in [0, 0.1) is 6.92 Å². The SMILES string of the molecule is COc1cccc(CNCc2c(C)nn(-c3cccc(Cl)c3)c2Cl)c1. The predicted molar refractivity (Wildman–Crippen MR) is 102 cm³/mol. The number of aryl methyl sites for hydroxylation is 1. The Bertz CT molecular complexity index is 877. The van der Waals surface area contributed by atoms with E-state index in [1.807, 2.05) is 49.4 Å². The van der Waals surface area contributed by atoms with Crippen LogP contribution in [0.25, 0.3) is 5.69 Å². The smallest absolute Gasteiger partial charge is 0.137 e. The first-order valence-electron chi connectivity index (χ1n) is 7.92. The lowest BCUT2D eigenvalue weighted by Crippen LogP contribution is -2.13. The number of aromatic nitrogens is 2. The van der Waals surface area contributed by atoms with Crippen molar-refractivity contribution in [2.45, 2.75) is 20.0 Å². The van der Waals surface area contributed by atoms with E-state index in [2.05, 4.69) is 16.5 Å². The number of nitrogens with zero attached hydrogens (tertiary/aromatic N) is 2. The molecule has 0 radical (unpaired) electrons. The van der Waals surface area contributed by atoms with Gasteiger partial charge in [-0.05, 0) is 42.8 Å². The first kappa shape index (κ1) is 17.8. The van der Waals surface area contributed by atoms with Gasteiger partial charge < -0.3 is 10.1 Å². The van der Waals surface area contributed by atoms with Crippen LogP contribution < -0.4 is 10.1 Å². The molecule has 0 aliphatic heterocycles. The summed E-state index contributed by atoms with van der Waals surface area (Å²) < 4.78 is 6.96. The molecule has 1 aromatic heterocycles. The van der Waals surface area contributed by atoms with Gasteiger partial charge in [-0.2, -0.15) is 5.10 Å². The second-order valence-corrected chi connectivity index (χ2v) is 6.50. The predicted octanol–water partition coefficient (Wildman–Crippen LogP) is 4.79. The van der Waals surface area contributed by atoms with Gasteiger partial charge in [0.25, 0.3) is 0 Å². The second-order valence-electron chi connectivity index (χ2n) is 5.70. The van der Waals surface area contributed by atoms with Gasteiger partial charge in [-0.1, -0.05) is 41.4 Å². The molecule has 0 atom stereocenters. The van der Waals surface area contributed by atoms with Crippen molar-refractivity contribution in [3.8, 4) is 11.4 Å². The van der Waals surface area contributed by atoms with Gasteiger partial charge in [-0.15, -0.1) is 0 Å². The average molecular weight is 376 g/mol. The van der Waals surface area contributed by atoms with Crippen molar-refractivity contribution in [3.05, 3.63) is 75.5 Å². The minimum atomic E-state index is 0.595. The lowest BCUT2D eigenvalue weighted by Gasteiger charge is -2.07. The van der Waals surface area contributed by atoms with Crippen molar-refractivity contribution >= 4 is 23.2 Å². The third-order valence-electron chi connectivity index (χ3n) is 3.94. The van der Waals surface area contributed by atoms with E-state index in [4.69, 9.17) is 27.9 Å². The normalized spacial score (nSPS) is 10.9. The van der Waals surface area contributed by atoms with Gasteiger partial charge in [-0.25, -0.2) is 4.68 Å². The Morgan fingerprint density at radius 1 is 1.08 bits per heavy atom. The fourth-order valence-electron chi connectivity index (χ4n) is 2.63. The number of methoxy groups -OCH3 is 1. The molecule has 1 N–H and O–H groups in total. The third-order valence-corrected chi connectivity index (χ3v) is 4.56. The van der Waals surface area contributed by atoms with Gasteiger partial charge in [0, 0.05) is 23.7 Å². The molecule has 2 aromatic carbocycles. The topological polar surface area (TPSA) is 39.1 Å². The summed E-state index contributed by atoms with van der Waals surface area (Å²) in [5, 5.41) is 9.20. The highest BCUT2D eigenvalue weighted by atomic mass is 35.5. The van der Waals surface area contributed by atoms with Crippen molar-refractivity contribution in [2.75, 3.05) is 7.11 Å². The van der Waals surface area contributed by atoms with Gasteiger partial charge in [0.1, 0.15) is 10.9 Å². The number of hydrogen-bond donors (Lipinski definition) is 1. The fourth-order valence-corrected chi connectivity index (χ4v) is 3.15. The summed E-state index contributed by atoms with van der Waals surface area (Å²) >= 11 is 12.6. The largest absolute Gasteiger partial charge is 0.497 e. The molecule has 0 aliphatic carbocycles. The Morgan fingerprint density at radius 2 is 1.88 bits per heavy atom. The summed E-state index contributed by atoms with van der Waals surface area (Å²) in [7, 11) is 1.67. The zero-order valence-electron chi connectivity index (χ0n) is 14.1. The molecule has 0 saturated heterocycles. The molecule has 0 saturated carbocycles. The van der Waals surface area contributed by atoms with Crippen LogP contribution >= 0.6 is 23.2 Å². The van der Waals surface area contributed by atoms with E-state index in [-0.39, 0.29) is 0 Å². The minimum Gasteiger partial charge on any atom is -0.497 e. The molecule has 4 nitrogen and oxygen atoms in total. The van der Waals surface area contributed by atoms with Crippen molar-refractivity contribution in [2.24, 2.45) is 0 Å². The maximum Gasteiger partial charge on any atom is 0.137 e. The summed E-state index contributed by atoms with van der Waals surface area (Å²) in [6, 6.07) is 15.4. The highest BCUT2D eigenvalue weighted by Crippen LogP contribution is 2.25. The summed E-state index contributed by atoms with van der Waals surface area (Å²) in [5.41, 5.74) is 3.86. The average Bonchev–Trinajstić information content (AvgIpc) is 2.90. The molecule has 0 spiro atoms. The van der Waals surface area contributed by atoms with Crippen molar-refractivity contribution in [1.82, 2.24) is 15.1 Å². The quantitative estimate of drug-likeness (QED) is 0.673. The first-order chi connectivity index (χ1) is 12.1. The summed E-state index contributed by atoms with van der Waals surface area (Å²) in [4.78, 5) is 0. The molecule has 0 amide bonds. The molecule has 25 heavy (non-hydrogen) atoms. The van der Waals surface area contributed by atoms with Gasteiger partial charge in [-0.3, -0.25) is 0 Å². The van der Waals surface area contributed by atoms with Gasteiger partial charge in [0.2, 0.25) is 0 Å². The van der Waals surface area contributed by atoms with E-state index >= 15 is 0 Å². The van der Waals surface area contributed by atoms with E-state index in [9.17, 15) is 0 Å². The molecule has 1 heterocycles. The number of benzene rings is 2. The zero-order chi connectivity index (χ0) is 17.8. The second kappa shape index (κ2) is 7.91. The summed E-state index contributed by atoms with van der Waals surface area (Å²) in [6.07, 6.45) is 0. The molecular formula is C19H19Cl2N3O. The Kier molecular flexibility index (Phi) is 5.63. The van der Waals surface area contributed by atoms with Crippen LogP contribution in [0.5, 0.6) is 5.75 Å². The maximum atomic E-state index is 6.54. The van der Waals surface area contributed by atoms with E-state index < -0.39 is 0 Å². The molecule has 130 valence electrons. The molecule has 0 fully saturated rings. The third kappa shape index (κ3) is 4.15. The van der Waals surface area contributed by atoms with Crippen molar-refractivity contribution in [3.63, 3.8) is 0 Å². The molecule has 3 aromatic rings. The summed E-state index contributed by atoms with van der Waals surface area (Å²) in [5.74, 6) is 0.849. The molecule has 0 aliphatic rings. The zero-order valence-corrected chi connectivity index (χ0v) is 15.6.